The molecule has 0 N–H and O–H groups in total. The van der Waals surface area contributed by atoms with Gasteiger partial charge in [-0.2, -0.15) is 0 Å². The van der Waals surface area contributed by atoms with Gasteiger partial charge < -0.3 is 9.64 Å². The average molecular weight is 592 g/mol. The van der Waals surface area contributed by atoms with Gasteiger partial charge in [-0.05, 0) is 44.0 Å². The first-order valence-corrected chi connectivity index (χ1v) is 16.2. The molecule has 1 aromatic heterocycles. The van der Waals surface area contributed by atoms with Crippen LogP contribution < -0.4 is 5.56 Å². The average Bonchev–Trinajstić information content (AvgIpc) is 3.01. The van der Waals surface area contributed by atoms with Crippen molar-refractivity contribution in [1.29, 1.82) is 0 Å². The maximum absolute atomic E-state index is 13.8. The minimum absolute atomic E-state index is 0.110. The molecule has 8 heteroatoms. The number of carbonyl (C=O) groups is 2. The van der Waals surface area contributed by atoms with Crippen LogP contribution in [-0.2, 0) is 22.6 Å². The molecule has 0 bridgehead atoms. The molecule has 0 saturated carbocycles. The van der Waals surface area contributed by atoms with Gasteiger partial charge >= 0.3 is 5.97 Å². The molecule has 2 aromatic carbocycles. The zero-order valence-corrected chi connectivity index (χ0v) is 26.3. The number of hydrogen-bond acceptors (Lipinski definition) is 6. The van der Waals surface area contributed by atoms with Gasteiger partial charge in [0.1, 0.15) is 12.5 Å². The SMILES string of the molecule is CCCCCCCN(Cn1c(CC)nc(-c2ccccc2)cc1=O)C(=O)c1ccc(SCC(CC)C(=O)OCC)cc1. The molecular formula is C34H45N3O4S. The van der Waals surface area contributed by atoms with Crippen LogP contribution in [0.15, 0.2) is 70.4 Å². The summed E-state index contributed by atoms with van der Waals surface area (Å²) in [5, 5.41) is 0. The molecular weight excluding hydrogens is 546 g/mol. The summed E-state index contributed by atoms with van der Waals surface area (Å²) >= 11 is 1.59. The Morgan fingerprint density at radius 3 is 2.31 bits per heavy atom. The van der Waals surface area contributed by atoms with E-state index in [4.69, 9.17) is 9.72 Å². The molecule has 0 aliphatic rings. The molecule has 7 nitrogen and oxygen atoms in total. The Morgan fingerprint density at radius 1 is 0.952 bits per heavy atom. The van der Waals surface area contributed by atoms with Crippen molar-refractivity contribution in [2.45, 2.75) is 84.2 Å². The van der Waals surface area contributed by atoms with E-state index in [9.17, 15) is 14.4 Å². The lowest BCUT2D eigenvalue weighted by Gasteiger charge is -2.25. The molecule has 0 saturated heterocycles. The predicted molar refractivity (Wildman–Crippen MR) is 171 cm³/mol. The molecule has 0 fully saturated rings. The number of carbonyl (C=O) groups excluding carboxylic acids is 2. The lowest BCUT2D eigenvalue weighted by molar-refractivity contribution is -0.147. The van der Waals surface area contributed by atoms with E-state index in [1.165, 1.54) is 6.42 Å². The zero-order valence-electron chi connectivity index (χ0n) is 25.5. The summed E-state index contributed by atoms with van der Waals surface area (Å²) in [4.78, 5) is 46.8. The zero-order chi connectivity index (χ0) is 30.3. The van der Waals surface area contributed by atoms with Gasteiger partial charge in [0.05, 0.1) is 18.2 Å². The Kier molecular flexibility index (Phi) is 13.8. The Bertz CT molecular complexity index is 1320. The van der Waals surface area contributed by atoms with Crippen molar-refractivity contribution in [2.24, 2.45) is 5.92 Å². The van der Waals surface area contributed by atoms with Crippen molar-refractivity contribution >= 4 is 23.6 Å². The summed E-state index contributed by atoms with van der Waals surface area (Å²) in [5.74, 6) is 0.848. The van der Waals surface area contributed by atoms with Crippen molar-refractivity contribution < 1.29 is 14.3 Å². The van der Waals surface area contributed by atoms with E-state index in [1.807, 2.05) is 75.4 Å². The number of aryl methyl sites for hydroxylation is 1. The lowest BCUT2D eigenvalue weighted by Crippen LogP contribution is -2.39. The highest BCUT2D eigenvalue weighted by Gasteiger charge is 2.20. The summed E-state index contributed by atoms with van der Waals surface area (Å²) in [6, 6.07) is 18.8. The molecule has 3 rings (SSSR count). The summed E-state index contributed by atoms with van der Waals surface area (Å²) in [6.45, 7) is 9.06. The van der Waals surface area contributed by atoms with E-state index < -0.39 is 0 Å². The topological polar surface area (TPSA) is 81.5 Å². The van der Waals surface area contributed by atoms with Gasteiger partial charge in [-0.25, -0.2) is 4.98 Å². The first-order chi connectivity index (χ1) is 20.4. The maximum atomic E-state index is 13.8. The van der Waals surface area contributed by atoms with Crippen molar-refractivity contribution in [3.8, 4) is 11.3 Å². The number of hydrogen-bond donors (Lipinski definition) is 0. The fourth-order valence-electron chi connectivity index (χ4n) is 4.73. The molecule has 0 aliphatic heterocycles. The van der Waals surface area contributed by atoms with E-state index in [0.29, 0.717) is 42.4 Å². The van der Waals surface area contributed by atoms with Crippen LogP contribution in [0.1, 0.15) is 82.4 Å². The van der Waals surface area contributed by atoms with Crippen molar-refractivity contribution in [3.05, 3.63) is 82.4 Å². The van der Waals surface area contributed by atoms with Gasteiger partial charge in [-0.15, -0.1) is 11.8 Å². The Labute approximate surface area is 254 Å². The molecule has 1 unspecified atom stereocenters. The van der Waals surface area contributed by atoms with Gasteiger partial charge in [0.25, 0.3) is 11.5 Å². The first kappa shape index (κ1) is 33.1. The predicted octanol–water partition coefficient (Wildman–Crippen LogP) is 7.22. The minimum atomic E-state index is -0.165. The highest BCUT2D eigenvalue weighted by molar-refractivity contribution is 7.99. The van der Waals surface area contributed by atoms with Crippen LogP contribution in [0.3, 0.4) is 0 Å². The van der Waals surface area contributed by atoms with Crippen LogP contribution in [0.4, 0.5) is 0 Å². The second kappa shape index (κ2) is 17.5. The van der Waals surface area contributed by atoms with Gasteiger partial charge in [0.15, 0.2) is 0 Å². The molecule has 1 atom stereocenters. The largest absolute Gasteiger partial charge is 0.466 e. The Morgan fingerprint density at radius 2 is 1.67 bits per heavy atom. The molecule has 0 aliphatic carbocycles. The van der Waals surface area contributed by atoms with Gasteiger partial charge in [0, 0.05) is 40.8 Å². The molecule has 226 valence electrons. The fourth-order valence-corrected chi connectivity index (χ4v) is 5.82. The van der Waals surface area contributed by atoms with Crippen LogP contribution in [0, 0.1) is 5.92 Å². The van der Waals surface area contributed by atoms with Crippen molar-refractivity contribution in [1.82, 2.24) is 14.5 Å². The fraction of sp³-hybridized carbons (Fsp3) is 0.471. The number of aromatic nitrogens is 2. The van der Waals surface area contributed by atoms with Gasteiger partial charge in [-0.3, -0.25) is 19.0 Å². The van der Waals surface area contributed by atoms with E-state index in [2.05, 4.69) is 6.92 Å². The monoisotopic (exact) mass is 591 g/mol. The summed E-state index contributed by atoms with van der Waals surface area (Å²) in [6.07, 6.45) is 6.65. The quantitative estimate of drug-likeness (QED) is 0.0936. The van der Waals surface area contributed by atoms with Crippen molar-refractivity contribution in [2.75, 3.05) is 18.9 Å². The smallest absolute Gasteiger partial charge is 0.309 e. The molecule has 0 radical (unpaired) electrons. The first-order valence-electron chi connectivity index (χ1n) is 15.3. The summed E-state index contributed by atoms with van der Waals surface area (Å²) < 4.78 is 6.81. The maximum Gasteiger partial charge on any atom is 0.309 e. The van der Waals surface area contributed by atoms with E-state index in [-0.39, 0.29) is 30.0 Å². The molecule has 1 heterocycles. The summed E-state index contributed by atoms with van der Waals surface area (Å²) in [5.41, 5.74) is 1.95. The minimum Gasteiger partial charge on any atom is -0.466 e. The molecule has 0 spiro atoms. The highest BCUT2D eigenvalue weighted by atomic mass is 32.2. The Hall–Kier alpha value is -3.39. The highest BCUT2D eigenvalue weighted by Crippen LogP contribution is 2.24. The van der Waals surface area contributed by atoms with Crippen LogP contribution in [0.25, 0.3) is 11.3 Å². The number of amides is 1. The van der Waals surface area contributed by atoms with E-state index in [1.54, 1.807) is 27.3 Å². The normalized spacial score (nSPS) is 11.7. The van der Waals surface area contributed by atoms with E-state index >= 15 is 0 Å². The number of rotatable bonds is 17. The third-order valence-corrected chi connectivity index (χ3v) is 8.44. The van der Waals surface area contributed by atoms with Gasteiger partial charge in [-0.1, -0.05) is 76.8 Å². The second-order valence-corrected chi connectivity index (χ2v) is 11.5. The van der Waals surface area contributed by atoms with Crippen LogP contribution in [0.5, 0.6) is 0 Å². The number of thioether (sulfide) groups is 1. The lowest BCUT2D eigenvalue weighted by atomic mass is 10.1. The number of benzene rings is 2. The van der Waals surface area contributed by atoms with Gasteiger partial charge in [0.2, 0.25) is 0 Å². The standard InChI is InChI=1S/C34H45N3O4S/c1-5-9-10-11-15-22-36(25-37-31(7-3)35-30(23-32(37)38)27-16-13-12-14-17-27)33(39)28-18-20-29(21-19-28)42-24-26(6-2)34(40)41-8-4/h12-14,16-21,23,26H,5-11,15,22,24-25H2,1-4H3. The molecule has 3 aromatic rings. The molecule has 42 heavy (non-hydrogen) atoms. The second-order valence-electron chi connectivity index (χ2n) is 10.4. The third-order valence-electron chi connectivity index (χ3n) is 7.27. The number of ether oxygens (including phenoxy) is 1. The van der Waals surface area contributed by atoms with Crippen molar-refractivity contribution in [3.63, 3.8) is 0 Å². The summed E-state index contributed by atoms with van der Waals surface area (Å²) in [7, 11) is 0. The number of esters is 1. The number of unbranched alkanes of at least 4 members (excludes halogenated alkanes) is 4. The third kappa shape index (κ3) is 9.58. The van der Waals surface area contributed by atoms with Crippen LogP contribution >= 0.6 is 11.8 Å². The van der Waals surface area contributed by atoms with E-state index in [0.717, 1.165) is 42.6 Å². The Balaban J connectivity index is 1.79. The number of nitrogens with zero attached hydrogens (tertiary/aromatic N) is 3. The molecule has 1 amide bonds. The van der Waals surface area contributed by atoms with Crippen LogP contribution in [-0.4, -0.2) is 45.2 Å². The van der Waals surface area contributed by atoms with Crippen LogP contribution in [0.2, 0.25) is 0 Å².